The number of fused-ring (bicyclic) bond motifs is 1. The van der Waals surface area contributed by atoms with Gasteiger partial charge in [0.05, 0.1) is 7.11 Å². The van der Waals surface area contributed by atoms with Gasteiger partial charge in [-0.3, -0.25) is 9.59 Å². The number of aromatic nitrogens is 1. The molecular weight excluding hydrogens is 358 g/mol. The second-order valence-corrected chi connectivity index (χ2v) is 5.98. The molecule has 0 aliphatic carbocycles. The number of nitrogens with one attached hydrogen (secondary N) is 1. The molecule has 0 atom stereocenters. The highest BCUT2D eigenvalue weighted by molar-refractivity contribution is 6.10. The molecule has 2 N–H and O–H groups in total. The van der Waals surface area contributed by atoms with Crippen LogP contribution in [0.25, 0.3) is 17.0 Å². The van der Waals surface area contributed by atoms with Gasteiger partial charge in [-0.2, -0.15) is 5.26 Å². The van der Waals surface area contributed by atoms with E-state index in [9.17, 15) is 14.9 Å². The van der Waals surface area contributed by atoms with Crippen LogP contribution in [0.15, 0.2) is 60.3 Å². The zero-order valence-electron chi connectivity index (χ0n) is 15.0. The average molecular weight is 375 g/mol. The van der Waals surface area contributed by atoms with Crippen molar-refractivity contribution < 1.29 is 19.4 Å². The largest absolute Gasteiger partial charge is 0.497 e. The molecule has 7 heteroatoms. The Balaban J connectivity index is 1.92. The van der Waals surface area contributed by atoms with Gasteiger partial charge >= 0.3 is 5.97 Å². The van der Waals surface area contributed by atoms with Gasteiger partial charge in [0.2, 0.25) is 0 Å². The number of methoxy groups -OCH3 is 1. The molecule has 0 aliphatic heterocycles. The molecule has 1 heterocycles. The first kappa shape index (κ1) is 18.7. The number of aliphatic carboxylic acids is 1. The molecule has 7 nitrogen and oxygen atoms in total. The fourth-order valence-electron chi connectivity index (χ4n) is 2.84. The van der Waals surface area contributed by atoms with Crippen LogP contribution in [0.4, 0.5) is 5.69 Å². The summed E-state index contributed by atoms with van der Waals surface area (Å²) < 4.78 is 6.64. The van der Waals surface area contributed by atoms with Crippen molar-refractivity contribution >= 4 is 34.5 Å². The quantitative estimate of drug-likeness (QED) is 0.508. The van der Waals surface area contributed by atoms with Gasteiger partial charge in [0.25, 0.3) is 5.91 Å². The molecule has 3 rings (SSSR count). The van der Waals surface area contributed by atoms with Crippen molar-refractivity contribution in [2.75, 3.05) is 12.4 Å². The lowest BCUT2D eigenvalue weighted by Crippen LogP contribution is -2.13. The molecule has 0 fully saturated rings. The number of ether oxygens (including phenoxy) is 1. The number of rotatable bonds is 6. The molecule has 0 saturated heterocycles. The summed E-state index contributed by atoms with van der Waals surface area (Å²) >= 11 is 0. The van der Waals surface area contributed by atoms with Crippen molar-refractivity contribution in [1.82, 2.24) is 4.57 Å². The van der Waals surface area contributed by atoms with Crippen LogP contribution >= 0.6 is 0 Å². The van der Waals surface area contributed by atoms with Crippen LogP contribution in [0, 0.1) is 11.3 Å². The lowest BCUT2D eigenvalue weighted by atomic mass is 10.1. The van der Waals surface area contributed by atoms with E-state index >= 15 is 0 Å². The standard InChI is InChI=1S/C21H17N3O4/c1-28-17-8-6-16(7-9-17)23-21(27)14(11-22)10-15-12-24(13-20(25)26)19-5-3-2-4-18(15)19/h2-10,12H,13H2,1H3,(H,23,27)(H,25,26)/b14-10-. The molecule has 28 heavy (non-hydrogen) atoms. The number of hydrogen-bond donors (Lipinski definition) is 2. The second kappa shape index (κ2) is 8.10. The van der Waals surface area contributed by atoms with E-state index in [-0.39, 0.29) is 12.1 Å². The molecule has 3 aromatic rings. The topological polar surface area (TPSA) is 104 Å². The Morgan fingerprint density at radius 3 is 2.57 bits per heavy atom. The van der Waals surface area contributed by atoms with Crippen LogP contribution in [0.1, 0.15) is 5.56 Å². The normalized spacial score (nSPS) is 11.1. The van der Waals surface area contributed by atoms with E-state index in [0.717, 1.165) is 5.39 Å². The number of amides is 1. The maximum Gasteiger partial charge on any atom is 0.323 e. The van der Waals surface area contributed by atoms with Crippen LogP contribution in [0.5, 0.6) is 5.75 Å². The van der Waals surface area contributed by atoms with Crippen molar-refractivity contribution in [1.29, 1.82) is 5.26 Å². The number of carbonyl (C=O) groups excluding carboxylic acids is 1. The summed E-state index contributed by atoms with van der Waals surface area (Å²) in [5, 5.41) is 22.0. The Hall–Kier alpha value is -4.05. The predicted molar refractivity (Wildman–Crippen MR) is 105 cm³/mol. The fraction of sp³-hybridized carbons (Fsp3) is 0.0952. The third kappa shape index (κ3) is 4.02. The van der Waals surface area contributed by atoms with Gasteiger partial charge in [-0.15, -0.1) is 0 Å². The smallest absolute Gasteiger partial charge is 0.323 e. The Kier molecular flexibility index (Phi) is 5.42. The van der Waals surface area contributed by atoms with Crippen LogP contribution in [-0.4, -0.2) is 28.7 Å². The summed E-state index contributed by atoms with van der Waals surface area (Å²) in [4.78, 5) is 23.6. The summed E-state index contributed by atoms with van der Waals surface area (Å²) in [6.07, 6.45) is 3.08. The summed E-state index contributed by atoms with van der Waals surface area (Å²) in [6, 6.07) is 15.9. The van der Waals surface area contributed by atoms with E-state index < -0.39 is 11.9 Å². The average Bonchev–Trinajstić information content (AvgIpc) is 3.03. The first-order chi connectivity index (χ1) is 13.5. The highest BCUT2D eigenvalue weighted by atomic mass is 16.5. The molecule has 0 radical (unpaired) electrons. The molecule has 0 unspecified atom stereocenters. The van der Waals surface area contributed by atoms with Crippen LogP contribution in [0.2, 0.25) is 0 Å². The van der Waals surface area contributed by atoms with Crippen LogP contribution < -0.4 is 10.1 Å². The predicted octanol–water partition coefficient (Wildman–Crippen LogP) is 3.28. The van der Waals surface area contributed by atoms with E-state index in [4.69, 9.17) is 9.84 Å². The maximum atomic E-state index is 12.5. The van der Waals surface area contributed by atoms with Crippen LogP contribution in [-0.2, 0) is 16.1 Å². The number of carboxylic acids is 1. The van der Waals surface area contributed by atoms with E-state index in [2.05, 4.69) is 5.32 Å². The molecule has 0 bridgehead atoms. The molecule has 0 spiro atoms. The Morgan fingerprint density at radius 1 is 1.21 bits per heavy atom. The van der Waals surface area contributed by atoms with Crippen molar-refractivity contribution in [2.24, 2.45) is 0 Å². The number of nitriles is 1. The van der Waals surface area contributed by atoms with Crippen LogP contribution in [0.3, 0.4) is 0 Å². The molecule has 2 aromatic carbocycles. The minimum Gasteiger partial charge on any atom is -0.497 e. The molecule has 1 aromatic heterocycles. The van der Waals surface area contributed by atoms with E-state index in [1.54, 1.807) is 54.3 Å². The second-order valence-electron chi connectivity index (χ2n) is 5.98. The first-order valence-corrected chi connectivity index (χ1v) is 8.38. The molecule has 140 valence electrons. The van der Waals surface area contributed by atoms with Gasteiger partial charge < -0.3 is 19.7 Å². The number of carboxylic acid groups (broad SMARTS) is 1. The van der Waals surface area contributed by atoms with Gasteiger partial charge in [-0.05, 0) is 36.4 Å². The summed E-state index contributed by atoms with van der Waals surface area (Å²) in [5.74, 6) is -0.878. The Bertz CT molecular complexity index is 1100. The summed E-state index contributed by atoms with van der Waals surface area (Å²) in [6.45, 7) is -0.214. The SMILES string of the molecule is COc1ccc(NC(=O)/C(C#N)=C\c2cn(CC(=O)O)c3ccccc23)cc1. The first-order valence-electron chi connectivity index (χ1n) is 8.38. The number of carbonyl (C=O) groups is 2. The van der Waals surface area contributed by atoms with Gasteiger partial charge in [0.1, 0.15) is 23.9 Å². The highest BCUT2D eigenvalue weighted by Crippen LogP contribution is 2.24. The van der Waals surface area contributed by atoms with Gasteiger partial charge in [0.15, 0.2) is 0 Å². The molecule has 0 aliphatic rings. The van der Waals surface area contributed by atoms with Gasteiger partial charge in [-0.25, -0.2) is 0 Å². The van der Waals surface area contributed by atoms with Crippen molar-refractivity contribution in [3.05, 3.63) is 65.9 Å². The van der Waals surface area contributed by atoms with Gasteiger partial charge in [0, 0.05) is 28.4 Å². The maximum absolute atomic E-state index is 12.5. The lowest BCUT2D eigenvalue weighted by Gasteiger charge is -2.05. The Morgan fingerprint density at radius 2 is 1.93 bits per heavy atom. The molecule has 0 saturated carbocycles. The minimum absolute atomic E-state index is 0.0888. The third-order valence-corrected chi connectivity index (χ3v) is 4.14. The number of nitrogens with zero attached hydrogens (tertiary/aromatic N) is 2. The molecule has 1 amide bonds. The van der Waals surface area contributed by atoms with Crippen molar-refractivity contribution in [3.63, 3.8) is 0 Å². The van der Waals surface area contributed by atoms with E-state index in [1.807, 2.05) is 18.2 Å². The Labute approximate surface area is 161 Å². The summed E-state index contributed by atoms with van der Waals surface area (Å²) in [5.41, 5.74) is 1.75. The fourth-order valence-corrected chi connectivity index (χ4v) is 2.84. The third-order valence-electron chi connectivity index (χ3n) is 4.14. The van der Waals surface area contributed by atoms with Crippen molar-refractivity contribution in [2.45, 2.75) is 6.54 Å². The number of anilines is 1. The highest BCUT2D eigenvalue weighted by Gasteiger charge is 2.13. The number of para-hydroxylation sites is 1. The van der Waals surface area contributed by atoms with Gasteiger partial charge in [-0.1, -0.05) is 18.2 Å². The number of benzene rings is 2. The zero-order chi connectivity index (χ0) is 20.1. The summed E-state index contributed by atoms with van der Waals surface area (Å²) in [7, 11) is 1.55. The van der Waals surface area contributed by atoms with E-state index in [1.165, 1.54) is 6.08 Å². The minimum atomic E-state index is -0.978. The molecular formula is C21H17N3O4. The zero-order valence-corrected chi connectivity index (χ0v) is 15.0. The van der Waals surface area contributed by atoms with Crippen molar-refractivity contribution in [3.8, 4) is 11.8 Å². The van der Waals surface area contributed by atoms with E-state index in [0.29, 0.717) is 22.5 Å². The monoisotopic (exact) mass is 375 g/mol. The lowest BCUT2D eigenvalue weighted by molar-refractivity contribution is -0.137. The number of hydrogen-bond acceptors (Lipinski definition) is 4.